The maximum atomic E-state index is 12.4. The number of benzene rings is 2. The number of likely N-dealkylation sites (N-methyl/N-ethyl adjacent to an activating group) is 1. The van der Waals surface area contributed by atoms with Crippen LogP contribution in [0.15, 0.2) is 54.6 Å². The fourth-order valence-corrected chi connectivity index (χ4v) is 2.44. The number of hydrogen-bond acceptors (Lipinski definition) is 3. The van der Waals surface area contributed by atoms with Crippen LogP contribution in [0.2, 0.25) is 0 Å². The molecule has 128 valence electrons. The van der Waals surface area contributed by atoms with E-state index >= 15 is 0 Å². The number of anilines is 1. The number of nitrogens with zero attached hydrogens (tertiary/aromatic N) is 1. The highest BCUT2D eigenvalue weighted by Crippen LogP contribution is 2.18. The molecular formula is C20H26N2O2. The highest BCUT2D eigenvalue weighted by atomic mass is 16.5. The van der Waals surface area contributed by atoms with Gasteiger partial charge in [-0.15, -0.1) is 0 Å². The SMILES string of the molecule is CC[C@@H](Oc1ccccc1C)C(=O)NCCN(C)c1ccccc1. The highest BCUT2D eigenvalue weighted by molar-refractivity contribution is 5.81. The molecule has 0 spiro atoms. The Bertz CT molecular complexity index is 643. The van der Waals surface area contributed by atoms with E-state index in [1.807, 2.05) is 63.4 Å². The number of aryl methyl sites for hydroxylation is 1. The summed E-state index contributed by atoms with van der Waals surface area (Å²) in [4.78, 5) is 14.5. The van der Waals surface area contributed by atoms with Crippen LogP contribution in [0.4, 0.5) is 5.69 Å². The minimum absolute atomic E-state index is 0.0674. The minimum Gasteiger partial charge on any atom is -0.480 e. The van der Waals surface area contributed by atoms with Crippen LogP contribution >= 0.6 is 0 Å². The molecule has 0 aliphatic heterocycles. The van der Waals surface area contributed by atoms with Gasteiger partial charge in [-0.25, -0.2) is 0 Å². The zero-order valence-electron chi connectivity index (χ0n) is 14.7. The second-order valence-electron chi connectivity index (χ2n) is 5.83. The van der Waals surface area contributed by atoms with E-state index in [0.29, 0.717) is 13.0 Å². The number of ether oxygens (including phenoxy) is 1. The molecule has 2 rings (SSSR count). The van der Waals surface area contributed by atoms with Crippen LogP contribution in [-0.2, 0) is 4.79 Å². The number of para-hydroxylation sites is 2. The maximum absolute atomic E-state index is 12.4. The Morgan fingerprint density at radius 3 is 2.46 bits per heavy atom. The van der Waals surface area contributed by atoms with Gasteiger partial charge in [0.05, 0.1) is 0 Å². The predicted octanol–water partition coefficient (Wildman–Crippen LogP) is 3.41. The highest BCUT2D eigenvalue weighted by Gasteiger charge is 2.18. The lowest BCUT2D eigenvalue weighted by Crippen LogP contribution is -2.41. The molecule has 0 aliphatic rings. The molecule has 4 heteroatoms. The van der Waals surface area contributed by atoms with Gasteiger partial charge in [-0.05, 0) is 37.1 Å². The lowest BCUT2D eigenvalue weighted by atomic mass is 10.2. The molecule has 2 aromatic carbocycles. The van der Waals surface area contributed by atoms with Crippen molar-refractivity contribution in [3.05, 3.63) is 60.2 Å². The summed E-state index contributed by atoms with van der Waals surface area (Å²) in [7, 11) is 2.02. The second kappa shape index (κ2) is 8.96. The van der Waals surface area contributed by atoms with Gasteiger partial charge in [-0.1, -0.05) is 43.3 Å². The zero-order valence-corrected chi connectivity index (χ0v) is 14.7. The summed E-state index contributed by atoms with van der Waals surface area (Å²) in [6.07, 6.45) is 0.169. The summed E-state index contributed by atoms with van der Waals surface area (Å²) >= 11 is 0. The Morgan fingerprint density at radius 2 is 1.79 bits per heavy atom. The molecular weight excluding hydrogens is 300 g/mol. The van der Waals surface area contributed by atoms with Crippen LogP contribution in [0.5, 0.6) is 5.75 Å². The van der Waals surface area contributed by atoms with Crippen molar-refractivity contribution in [3.8, 4) is 5.75 Å². The molecule has 0 unspecified atom stereocenters. The number of amides is 1. The molecule has 0 saturated carbocycles. The van der Waals surface area contributed by atoms with E-state index in [1.165, 1.54) is 0 Å². The van der Waals surface area contributed by atoms with Crippen molar-refractivity contribution in [2.75, 3.05) is 25.0 Å². The fraction of sp³-hybridized carbons (Fsp3) is 0.350. The monoisotopic (exact) mass is 326 g/mol. The number of nitrogens with one attached hydrogen (secondary N) is 1. The molecule has 0 bridgehead atoms. The van der Waals surface area contributed by atoms with Gasteiger partial charge < -0.3 is 15.0 Å². The third-order valence-electron chi connectivity index (χ3n) is 3.97. The van der Waals surface area contributed by atoms with Gasteiger partial charge in [-0.2, -0.15) is 0 Å². The summed E-state index contributed by atoms with van der Waals surface area (Å²) in [6.45, 7) is 5.27. The van der Waals surface area contributed by atoms with E-state index in [4.69, 9.17) is 4.74 Å². The average Bonchev–Trinajstić information content (AvgIpc) is 2.61. The van der Waals surface area contributed by atoms with Crippen molar-refractivity contribution in [2.45, 2.75) is 26.4 Å². The molecule has 0 radical (unpaired) electrons. The quantitative estimate of drug-likeness (QED) is 0.808. The van der Waals surface area contributed by atoms with Crippen LogP contribution in [0, 0.1) is 6.92 Å². The summed E-state index contributed by atoms with van der Waals surface area (Å²) < 4.78 is 5.87. The summed E-state index contributed by atoms with van der Waals surface area (Å²) in [5.74, 6) is 0.697. The first kappa shape index (κ1) is 17.9. The second-order valence-corrected chi connectivity index (χ2v) is 5.83. The molecule has 0 heterocycles. The molecule has 1 N–H and O–H groups in total. The summed E-state index contributed by atoms with van der Waals surface area (Å²) in [5.41, 5.74) is 2.17. The Balaban J connectivity index is 1.83. The van der Waals surface area contributed by atoms with Gasteiger partial charge in [0.2, 0.25) is 0 Å². The van der Waals surface area contributed by atoms with Crippen molar-refractivity contribution in [1.82, 2.24) is 5.32 Å². The topological polar surface area (TPSA) is 41.6 Å². The first-order chi connectivity index (χ1) is 11.6. The Hall–Kier alpha value is -2.49. The third-order valence-corrected chi connectivity index (χ3v) is 3.97. The van der Waals surface area contributed by atoms with Crippen molar-refractivity contribution >= 4 is 11.6 Å². The van der Waals surface area contributed by atoms with Crippen LogP contribution < -0.4 is 15.0 Å². The number of carbonyl (C=O) groups excluding carboxylic acids is 1. The van der Waals surface area contributed by atoms with E-state index in [2.05, 4.69) is 22.3 Å². The first-order valence-corrected chi connectivity index (χ1v) is 8.38. The lowest BCUT2D eigenvalue weighted by molar-refractivity contribution is -0.128. The number of hydrogen-bond donors (Lipinski definition) is 1. The van der Waals surface area contributed by atoms with E-state index < -0.39 is 6.10 Å². The smallest absolute Gasteiger partial charge is 0.261 e. The molecule has 4 nitrogen and oxygen atoms in total. The van der Waals surface area contributed by atoms with Crippen LogP contribution in [0.25, 0.3) is 0 Å². The fourth-order valence-electron chi connectivity index (χ4n) is 2.44. The van der Waals surface area contributed by atoms with Crippen molar-refractivity contribution in [3.63, 3.8) is 0 Å². The molecule has 24 heavy (non-hydrogen) atoms. The molecule has 2 aromatic rings. The predicted molar refractivity (Wildman–Crippen MR) is 98.6 cm³/mol. The van der Waals surface area contributed by atoms with Crippen molar-refractivity contribution < 1.29 is 9.53 Å². The molecule has 0 aromatic heterocycles. The average molecular weight is 326 g/mol. The molecule has 0 fully saturated rings. The van der Waals surface area contributed by atoms with E-state index in [9.17, 15) is 4.79 Å². The Labute approximate surface area is 144 Å². The lowest BCUT2D eigenvalue weighted by Gasteiger charge is -2.21. The molecule has 1 amide bonds. The minimum atomic E-state index is -0.465. The Kier molecular flexibility index (Phi) is 6.67. The maximum Gasteiger partial charge on any atom is 0.261 e. The van der Waals surface area contributed by atoms with E-state index in [-0.39, 0.29) is 5.91 Å². The van der Waals surface area contributed by atoms with Gasteiger partial charge in [0.25, 0.3) is 5.91 Å². The van der Waals surface area contributed by atoms with Gasteiger partial charge in [0, 0.05) is 25.8 Å². The zero-order chi connectivity index (χ0) is 17.4. The Morgan fingerprint density at radius 1 is 1.12 bits per heavy atom. The summed E-state index contributed by atoms with van der Waals surface area (Å²) in [5, 5.41) is 2.97. The molecule has 0 aliphatic carbocycles. The van der Waals surface area contributed by atoms with E-state index in [1.54, 1.807) is 0 Å². The van der Waals surface area contributed by atoms with Gasteiger partial charge in [-0.3, -0.25) is 4.79 Å². The van der Waals surface area contributed by atoms with Crippen LogP contribution in [0.3, 0.4) is 0 Å². The molecule has 1 atom stereocenters. The molecule has 0 saturated heterocycles. The standard InChI is InChI=1S/C20H26N2O2/c1-4-18(24-19-13-9-8-10-16(19)2)20(23)21-14-15-22(3)17-11-6-5-7-12-17/h5-13,18H,4,14-15H2,1-3H3,(H,21,23)/t18-/m1/s1. The van der Waals surface area contributed by atoms with E-state index in [0.717, 1.165) is 23.5 Å². The number of carbonyl (C=O) groups is 1. The number of rotatable bonds is 8. The van der Waals surface area contributed by atoms with Gasteiger partial charge >= 0.3 is 0 Å². The van der Waals surface area contributed by atoms with Crippen molar-refractivity contribution in [2.24, 2.45) is 0 Å². The van der Waals surface area contributed by atoms with Crippen molar-refractivity contribution in [1.29, 1.82) is 0 Å². The normalized spacial score (nSPS) is 11.6. The summed E-state index contributed by atoms with van der Waals surface area (Å²) in [6, 6.07) is 17.9. The first-order valence-electron chi connectivity index (χ1n) is 8.38. The largest absolute Gasteiger partial charge is 0.480 e. The van der Waals surface area contributed by atoms with Gasteiger partial charge in [0.15, 0.2) is 6.10 Å². The van der Waals surface area contributed by atoms with Crippen LogP contribution in [-0.4, -0.2) is 32.1 Å². The van der Waals surface area contributed by atoms with Gasteiger partial charge in [0.1, 0.15) is 5.75 Å². The van der Waals surface area contributed by atoms with Crippen LogP contribution in [0.1, 0.15) is 18.9 Å². The third kappa shape index (κ3) is 5.01.